The number of nitrogens with zero attached hydrogens (tertiary/aromatic N) is 3. The van der Waals surface area contributed by atoms with E-state index in [0.717, 1.165) is 5.75 Å². The fourth-order valence-corrected chi connectivity index (χ4v) is 1.84. The molecule has 0 N–H and O–H groups in total. The Morgan fingerprint density at radius 3 is 2.86 bits per heavy atom. The van der Waals surface area contributed by atoms with Crippen molar-refractivity contribution in [2.24, 2.45) is 16.0 Å². The van der Waals surface area contributed by atoms with Crippen LogP contribution in [0.15, 0.2) is 10.1 Å². The van der Waals surface area contributed by atoms with E-state index in [-0.39, 0.29) is 5.91 Å². The van der Waals surface area contributed by atoms with Crippen LogP contribution in [0.2, 0.25) is 0 Å². The molecule has 0 aromatic heterocycles. The van der Waals surface area contributed by atoms with Crippen molar-refractivity contribution in [2.45, 2.75) is 20.3 Å². The molecule has 0 radical (unpaired) electrons. The summed E-state index contributed by atoms with van der Waals surface area (Å²) in [7, 11) is 1.68. The highest BCUT2D eigenvalue weighted by atomic mass is 32.2. The van der Waals surface area contributed by atoms with Crippen LogP contribution in [-0.4, -0.2) is 35.1 Å². The summed E-state index contributed by atoms with van der Waals surface area (Å²) >= 11 is 1.57. The Morgan fingerprint density at radius 2 is 2.29 bits per heavy atom. The fourth-order valence-electron chi connectivity index (χ4n) is 0.976. The van der Waals surface area contributed by atoms with E-state index in [1.807, 2.05) is 13.8 Å². The molecule has 0 saturated carbocycles. The summed E-state index contributed by atoms with van der Waals surface area (Å²) < 4.78 is 0. The van der Waals surface area contributed by atoms with Gasteiger partial charge in [0.15, 0.2) is 5.17 Å². The van der Waals surface area contributed by atoms with Crippen molar-refractivity contribution in [2.75, 3.05) is 12.8 Å². The minimum Gasteiger partial charge on any atom is -0.272 e. The largest absolute Gasteiger partial charge is 0.272 e. The lowest BCUT2D eigenvalue weighted by Crippen LogP contribution is -2.35. The van der Waals surface area contributed by atoms with E-state index in [1.54, 1.807) is 25.0 Å². The molecule has 5 heteroatoms. The van der Waals surface area contributed by atoms with Gasteiger partial charge in [-0.25, -0.2) is 0 Å². The van der Waals surface area contributed by atoms with E-state index in [0.29, 0.717) is 17.5 Å². The van der Waals surface area contributed by atoms with E-state index < -0.39 is 0 Å². The number of hydrogen-bond acceptors (Lipinski definition) is 4. The smallest absolute Gasteiger partial charge is 0.250 e. The summed E-state index contributed by atoms with van der Waals surface area (Å²) in [6.45, 7) is 4.04. The quantitative estimate of drug-likeness (QED) is 0.654. The lowest BCUT2D eigenvalue weighted by molar-refractivity contribution is -0.127. The molecule has 1 heterocycles. The highest BCUT2D eigenvalue weighted by Crippen LogP contribution is 2.18. The Morgan fingerprint density at radius 1 is 1.57 bits per heavy atom. The molecule has 1 amide bonds. The van der Waals surface area contributed by atoms with Crippen molar-refractivity contribution in [1.82, 2.24) is 5.01 Å². The third kappa shape index (κ3) is 2.83. The highest BCUT2D eigenvalue weighted by Gasteiger charge is 2.23. The van der Waals surface area contributed by atoms with Crippen LogP contribution in [-0.2, 0) is 4.79 Å². The summed E-state index contributed by atoms with van der Waals surface area (Å²) in [6, 6.07) is 0. The zero-order chi connectivity index (χ0) is 10.6. The van der Waals surface area contributed by atoms with E-state index in [1.165, 1.54) is 5.01 Å². The van der Waals surface area contributed by atoms with Crippen LogP contribution in [0.3, 0.4) is 0 Å². The maximum absolute atomic E-state index is 11.5. The molecular weight excluding hydrogens is 198 g/mol. The first kappa shape index (κ1) is 11.2. The van der Waals surface area contributed by atoms with E-state index in [2.05, 4.69) is 10.1 Å². The molecular formula is C9H15N3OS. The number of thioether (sulfide) groups is 1. The molecule has 0 bridgehead atoms. The van der Waals surface area contributed by atoms with Crippen LogP contribution >= 0.6 is 11.8 Å². The van der Waals surface area contributed by atoms with Gasteiger partial charge >= 0.3 is 0 Å². The topological polar surface area (TPSA) is 45.0 Å². The molecule has 1 fully saturated rings. The molecule has 1 aliphatic heterocycles. The number of rotatable bonds is 2. The Labute approximate surface area is 88.5 Å². The SMILES string of the molecule is CN=C1SCCC(=O)N1/N=C/C(C)C. The molecule has 78 valence electrons. The average molecular weight is 213 g/mol. The number of hydrogen-bond donors (Lipinski definition) is 0. The van der Waals surface area contributed by atoms with Gasteiger partial charge in [0.2, 0.25) is 5.91 Å². The van der Waals surface area contributed by atoms with Crippen LogP contribution in [0, 0.1) is 5.92 Å². The Hall–Kier alpha value is -0.840. The van der Waals surface area contributed by atoms with Crippen molar-refractivity contribution < 1.29 is 4.79 Å². The zero-order valence-electron chi connectivity index (χ0n) is 8.73. The monoisotopic (exact) mass is 213 g/mol. The molecule has 1 aliphatic rings. The first-order valence-corrected chi connectivity index (χ1v) is 5.60. The minimum absolute atomic E-state index is 0.0289. The number of aliphatic imine (C=N–C) groups is 1. The number of carbonyl (C=O) groups excluding carboxylic acids is 1. The van der Waals surface area contributed by atoms with Gasteiger partial charge in [0.25, 0.3) is 0 Å². The van der Waals surface area contributed by atoms with Gasteiger partial charge in [0.1, 0.15) is 0 Å². The minimum atomic E-state index is 0.0289. The maximum atomic E-state index is 11.5. The number of amidine groups is 1. The van der Waals surface area contributed by atoms with Gasteiger partial charge in [-0.2, -0.15) is 10.1 Å². The van der Waals surface area contributed by atoms with Crippen molar-refractivity contribution in [3.05, 3.63) is 0 Å². The van der Waals surface area contributed by atoms with Crippen LogP contribution in [0.4, 0.5) is 0 Å². The predicted molar refractivity (Wildman–Crippen MR) is 60.6 cm³/mol. The lowest BCUT2D eigenvalue weighted by Gasteiger charge is -2.22. The molecule has 1 rings (SSSR count). The molecule has 0 aromatic rings. The molecule has 0 spiro atoms. The molecule has 14 heavy (non-hydrogen) atoms. The van der Waals surface area contributed by atoms with Crippen molar-refractivity contribution >= 4 is 29.1 Å². The summed E-state index contributed by atoms with van der Waals surface area (Å²) in [5.41, 5.74) is 0. The third-order valence-corrected chi connectivity index (χ3v) is 2.66. The molecule has 0 unspecified atom stereocenters. The molecule has 4 nitrogen and oxygen atoms in total. The van der Waals surface area contributed by atoms with E-state index >= 15 is 0 Å². The lowest BCUT2D eigenvalue weighted by atomic mass is 10.3. The Kier molecular flexibility index (Phi) is 4.13. The van der Waals surface area contributed by atoms with Gasteiger partial charge < -0.3 is 0 Å². The van der Waals surface area contributed by atoms with Gasteiger partial charge in [0, 0.05) is 25.4 Å². The summed E-state index contributed by atoms with van der Waals surface area (Å²) in [5.74, 6) is 1.17. The second kappa shape index (κ2) is 5.14. The van der Waals surface area contributed by atoms with E-state index in [4.69, 9.17) is 0 Å². The van der Waals surface area contributed by atoms with E-state index in [9.17, 15) is 4.79 Å². The first-order valence-electron chi connectivity index (χ1n) is 4.61. The van der Waals surface area contributed by atoms with Gasteiger partial charge in [0.05, 0.1) is 0 Å². The number of carbonyl (C=O) groups is 1. The average Bonchev–Trinajstić information content (AvgIpc) is 2.15. The standard InChI is InChI=1S/C9H15N3OS/c1-7(2)6-11-12-8(13)4-5-14-9(12)10-3/h6-7H,4-5H2,1-3H3/b10-9?,11-6+. The van der Waals surface area contributed by atoms with Crippen molar-refractivity contribution in [1.29, 1.82) is 0 Å². The maximum Gasteiger partial charge on any atom is 0.250 e. The van der Waals surface area contributed by atoms with Gasteiger partial charge in [-0.3, -0.25) is 9.79 Å². The Balaban J connectivity index is 2.75. The van der Waals surface area contributed by atoms with Crippen LogP contribution < -0.4 is 0 Å². The van der Waals surface area contributed by atoms with Crippen molar-refractivity contribution in [3.8, 4) is 0 Å². The highest BCUT2D eigenvalue weighted by molar-refractivity contribution is 8.13. The van der Waals surface area contributed by atoms with Gasteiger partial charge in [-0.05, 0) is 5.92 Å². The van der Waals surface area contributed by atoms with Gasteiger partial charge in [-0.1, -0.05) is 25.6 Å². The van der Waals surface area contributed by atoms with Crippen LogP contribution in [0.1, 0.15) is 20.3 Å². The molecule has 1 saturated heterocycles. The molecule has 0 atom stereocenters. The second-order valence-electron chi connectivity index (χ2n) is 3.32. The van der Waals surface area contributed by atoms with Crippen molar-refractivity contribution in [3.63, 3.8) is 0 Å². The predicted octanol–water partition coefficient (Wildman–Crippen LogP) is 1.58. The Bertz CT molecular complexity index is 273. The number of amides is 1. The fraction of sp³-hybridized carbons (Fsp3) is 0.667. The molecule has 0 aliphatic carbocycles. The number of hydrazone groups is 1. The summed E-state index contributed by atoms with van der Waals surface area (Å²) in [6.07, 6.45) is 2.30. The zero-order valence-corrected chi connectivity index (χ0v) is 9.54. The van der Waals surface area contributed by atoms with Crippen LogP contribution in [0.5, 0.6) is 0 Å². The first-order chi connectivity index (χ1) is 6.65. The van der Waals surface area contributed by atoms with Crippen LogP contribution in [0.25, 0.3) is 0 Å². The summed E-state index contributed by atoms with van der Waals surface area (Å²) in [4.78, 5) is 15.5. The second-order valence-corrected chi connectivity index (χ2v) is 4.38. The normalized spacial score (nSPS) is 21.6. The van der Waals surface area contributed by atoms with Gasteiger partial charge in [-0.15, -0.1) is 0 Å². The molecule has 0 aromatic carbocycles. The summed E-state index contributed by atoms with van der Waals surface area (Å²) in [5, 5.41) is 6.21. The third-order valence-electron chi connectivity index (χ3n) is 1.64.